The Labute approximate surface area is 558 Å². The molecule has 0 aliphatic rings. The smallest absolute Gasteiger partial charge is 0.326 e. The van der Waals surface area contributed by atoms with Crippen LogP contribution in [0.5, 0.6) is 0 Å². The molecule has 0 aliphatic heterocycles. The molecule has 0 saturated carbocycles. The number of hydrogen-bond acceptors (Lipinski definition) is 17. The average molecular weight is 1360 g/mol. The number of hydrogen-bond donors (Lipinski definition) is 19. The molecule has 0 unspecified atom stereocenters. The third-order valence-corrected chi connectivity index (χ3v) is 16.1. The van der Waals surface area contributed by atoms with E-state index in [0.29, 0.717) is 32.9 Å². The Hall–Kier alpha value is -9.63. The number of aliphatic hydroxyl groups excluding tert-OH is 1. The zero-order valence-electron chi connectivity index (χ0n) is 54.6. The van der Waals surface area contributed by atoms with Crippen molar-refractivity contribution < 1.29 is 92.7 Å². The molecule has 0 radical (unpaired) electrons. The van der Waals surface area contributed by atoms with Crippen molar-refractivity contribution in [2.45, 2.75) is 180 Å². The molecular weight excluding hydrogens is 1270 g/mol. The number of carbonyl (C=O) groups is 14. The Morgan fingerprint density at radius 3 is 1.24 bits per heavy atom. The summed E-state index contributed by atoms with van der Waals surface area (Å²) in [5, 5.41) is 74.8. The van der Waals surface area contributed by atoms with Gasteiger partial charge in [0.2, 0.25) is 59.1 Å². The van der Waals surface area contributed by atoms with Gasteiger partial charge in [0.25, 0.3) is 0 Å². The number of fused-ring (bicyclic) bond motifs is 2. The van der Waals surface area contributed by atoms with Crippen molar-refractivity contribution in [1.82, 2.24) is 63.1 Å². The molecule has 10 amide bonds. The molecule has 2 aromatic heterocycles. The Balaban J connectivity index is 1.63. The SMILES string of the molecule is CC[C@H](C)[C@H](NC(=O)[C@H](Cc1c[nH]c2ccccc12)NC(=O)[C@H](CC(=O)O)NC(=O)[C@H](Cc1c[nH]c2ccccc12)NC(=O)[C@@H](NC(=O)[C@@H](N)CC(=O)O)C(C)C)C(=O)N[C@@H](CS)C(=O)N[C@H](C(=O)N[C@H](C(=O)N[C@@H](CC(C)C)C(=O)N[C@@H](CC(=O)O)C(=O)O)C(C)C)[C@@H](C)O. The van der Waals surface area contributed by atoms with E-state index in [4.69, 9.17) is 5.73 Å². The average Bonchev–Trinajstić information content (AvgIpc) is 1.61. The number of nitrogens with two attached hydrogens (primary N) is 1. The predicted octanol–water partition coefficient (Wildman–Crippen LogP) is -1.17. The van der Waals surface area contributed by atoms with Crippen LogP contribution in [0, 0.1) is 23.7 Å². The summed E-state index contributed by atoms with van der Waals surface area (Å²) in [4.78, 5) is 194. The molecule has 0 bridgehead atoms. The zero-order chi connectivity index (χ0) is 72.0. The lowest BCUT2D eigenvalue weighted by atomic mass is 9.96. The van der Waals surface area contributed by atoms with Crippen molar-refractivity contribution in [3.63, 3.8) is 0 Å². The monoisotopic (exact) mass is 1360 g/mol. The van der Waals surface area contributed by atoms with Gasteiger partial charge >= 0.3 is 23.9 Å². The molecule has 0 spiro atoms. The van der Waals surface area contributed by atoms with Crippen LogP contribution in [0.15, 0.2) is 60.9 Å². The van der Waals surface area contributed by atoms with E-state index in [1.807, 2.05) is 0 Å². The highest BCUT2D eigenvalue weighted by atomic mass is 32.1. The number of amides is 10. The van der Waals surface area contributed by atoms with Gasteiger partial charge in [-0.25, -0.2) is 4.79 Å². The van der Waals surface area contributed by atoms with Crippen molar-refractivity contribution in [2.75, 3.05) is 5.75 Å². The largest absolute Gasteiger partial charge is 0.481 e. The summed E-state index contributed by atoms with van der Waals surface area (Å²) in [7, 11) is 0. The maximum atomic E-state index is 14.9. The molecule has 0 saturated heterocycles. The topological polar surface area (TPSA) is 518 Å². The van der Waals surface area contributed by atoms with Crippen molar-refractivity contribution >= 4 is 117 Å². The van der Waals surface area contributed by atoms with Crippen LogP contribution in [0.3, 0.4) is 0 Å². The van der Waals surface area contributed by atoms with Crippen LogP contribution >= 0.6 is 12.6 Å². The number of carboxylic acid groups (broad SMARTS) is 4. The number of carbonyl (C=O) groups excluding carboxylic acids is 10. The number of aromatic amines is 2. The number of aliphatic carboxylic acids is 4. The number of para-hydroxylation sites is 2. The van der Waals surface area contributed by atoms with Crippen LogP contribution < -0.4 is 58.9 Å². The van der Waals surface area contributed by atoms with Crippen LogP contribution in [-0.4, -0.2) is 197 Å². The van der Waals surface area contributed by atoms with Crippen LogP contribution in [0.1, 0.15) is 106 Å². The maximum Gasteiger partial charge on any atom is 0.326 e. The lowest BCUT2D eigenvalue weighted by molar-refractivity contribution is -0.147. The molecule has 2 heterocycles. The van der Waals surface area contributed by atoms with E-state index in [1.165, 1.54) is 13.8 Å². The number of benzene rings is 2. The van der Waals surface area contributed by atoms with Crippen molar-refractivity contribution in [3.8, 4) is 0 Å². The molecular formula is C63H89N13O19S. The second-order valence-electron chi connectivity index (χ2n) is 24.6. The van der Waals surface area contributed by atoms with Gasteiger partial charge in [0.1, 0.15) is 60.4 Å². The molecule has 4 rings (SSSR count). The Morgan fingerprint density at radius 1 is 0.438 bits per heavy atom. The summed E-state index contributed by atoms with van der Waals surface area (Å²) in [6.45, 7) is 14.0. The first-order valence-corrected chi connectivity index (χ1v) is 31.8. The van der Waals surface area contributed by atoms with Gasteiger partial charge in [0.05, 0.1) is 31.4 Å². The molecule has 2 aromatic carbocycles. The van der Waals surface area contributed by atoms with Crippen molar-refractivity contribution in [3.05, 3.63) is 72.1 Å². The van der Waals surface area contributed by atoms with Gasteiger partial charge in [0.15, 0.2) is 0 Å². The minimum Gasteiger partial charge on any atom is -0.481 e. The molecule has 33 heteroatoms. The third-order valence-electron chi connectivity index (χ3n) is 15.7. The number of aliphatic hydroxyl groups is 1. The standard InChI is InChI=1S/C63H89N13O19S/c1-10-31(8)51(61(92)72-45(27-96)58(89)76-52(32(9)77)62(93)74-50(30(6)7)60(91)69-40(19-28(2)3)54(85)71-44(63(94)95)24-48(82)83)75-57(88)42(21-34-26-66-39-18-14-12-16-36(34)39)67-56(87)43(23-47(80)81)68-55(86)41(20-33-25-65-38-17-13-11-15-35(33)38)70-59(90)49(29(4)5)73-53(84)37(64)22-46(78)79/h11-18,25-26,28-32,37,40-45,49-52,65-66,77,96H,10,19-24,27,64H2,1-9H3,(H,67,87)(H,68,86)(H,69,91)(H,70,90)(H,71,85)(H,72,92)(H,73,84)(H,74,93)(H,75,88)(H,76,89)(H,78,79)(H,80,81)(H,82,83)(H,94,95)/t31-,32+,37-,40-,41-,42-,43-,44-,45-,49-,50-,51-,52-/m0/s1. The summed E-state index contributed by atoms with van der Waals surface area (Å²) < 4.78 is 0. The van der Waals surface area contributed by atoms with Crippen molar-refractivity contribution in [1.29, 1.82) is 0 Å². The van der Waals surface area contributed by atoms with Gasteiger partial charge in [-0.1, -0.05) is 98.2 Å². The number of carboxylic acids is 4. The molecule has 526 valence electrons. The highest BCUT2D eigenvalue weighted by Gasteiger charge is 2.40. The second-order valence-corrected chi connectivity index (χ2v) is 25.0. The first-order chi connectivity index (χ1) is 45.1. The predicted molar refractivity (Wildman–Crippen MR) is 350 cm³/mol. The van der Waals surface area contributed by atoms with Gasteiger partial charge in [0, 0.05) is 52.8 Å². The van der Waals surface area contributed by atoms with E-state index >= 15 is 0 Å². The number of nitrogens with one attached hydrogen (secondary N) is 12. The first-order valence-electron chi connectivity index (χ1n) is 31.1. The molecule has 96 heavy (non-hydrogen) atoms. The van der Waals surface area contributed by atoms with Gasteiger partial charge in [-0.05, 0) is 60.3 Å². The Morgan fingerprint density at radius 2 is 0.792 bits per heavy atom. The minimum absolute atomic E-state index is 0.0520. The molecule has 13 atom stereocenters. The lowest BCUT2D eigenvalue weighted by Gasteiger charge is -2.30. The molecule has 19 N–H and O–H groups in total. The molecule has 4 aromatic rings. The summed E-state index contributed by atoms with van der Waals surface area (Å²) >= 11 is 4.27. The number of aromatic nitrogens is 2. The van der Waals surface area contributed by atoms with Gasteiger partial charge in [-0.2, -0.15) is 12.6 Å². The number of H-pyrrole nitrogens is 2. The zero-order valence-corrected chi connectivity index (χ0v) is 55.5. The fraction of sp³-hybridized carbons (Fsp3) is 0.524. The second kappa shape index (κ2) is 36.9. The Kier molecular flexibility index (Phi) is 30.3. The van der Waals surface area contributed by atoms with Crippen molar-refractivity contribution in [2.24, 2.45) is 29.4 Å². The molecule has 0 fully saturated rings. The molecule has 32 nitrogen and oxygen atoms in total. The first kappa shape index (κ1) is 78.8. The van der Waals surface area contributed by atoms with E-state index in [-0.39, 0.29) is 31.6 Å². The highest BCUT2D eigenvalue weighted by molar-refractivity contribution is 7.80. The summed E-state index contributed by atoms with van der Waals surface area (Å²) in [5.41, 5.74) is 8.00. The fourth-order valence-electron chi connectivity index (χ4n) is 10.2. The highest BCUT2D eigenvalue weighted by Crippen LogP contribution is 2.22. The van der Waals surface area contributed by atoms with Crippen LogP contribution in [0.2, 0.25) is 0 Å². The van der Waals surface area contributed by atoms with E-state index < -0.39 is 198 Å². The maximum absolute atomic E-state index is 14.9. The summed E-state index contributed by atoms with van der Waals surface area (Å²) in [5.74, 6) is -19.3. The van der Waals surface area contributed by atoms with E-state index in [2.05, 4.69) is 75.8 Å². The summed E-state index contributed by atoms with van der Waals surface area (Å²) in [6.07, 6.45) is -1.79. The minimum atomic E-state index is -1.97. The van der Waals surface area contributed by atoms with E-state index in [9.17, 15) is 92.7 Å². The summed E-state index contributed by atoms with van der Waals surface area (Å²) in [6, 6.07) is -3.97. The Bertz CT molecular complexity index is 3460. The third kappa shape index (κ3) is 23.4. The number of thiol groups is 1. The normalized spacial score (nSPS) is 15.5. The number of rotatable bonds is 39. The van der Waals surface area contributed by atoms with E-state index in [0.717, 1.165) is 6.92 Å². The van der Waals surface area contributed by atoms with Crippen LogP contribution in [0.4, 0.5) is 0 Å². The quantitative estimate of drug-likeness (QED) is 0.0234. The lowest BCUT2D eigenvalue weighted by Crippen LogP contribution is -2.63. The van der Waals surface area contributed by atoms with Gasteiger partial charge in [-0.3, -0.25) is 62.3 Å². The van der Waals surface area contributed by atoms with Gasteiger partial charge < -0.3 is 94.4 Å². The molecule has 0 aliphatic carbocycles. The van der Waals surface area contributed by atoms with Crippen LogP contribution in [0.25, 0.3) is 21.8 Å². The fourth-order valence-corrected chi connectivity index (χ4v) is 10.4. The van der Waals surface area contributed by atoms with Crippen LogP contribution in [-0.2, 0) is 80.0 Å². The van der Waals surface area contributed by atoms with Gasteiger partial charge in [-0.15, -0.1) is 0 Å². The van der Waals surface area contributed by atoms with E-state index in [1.54, 1.807) is 102 Å².